The number of benzene rings is 2. The van der Waals surface area contributed by atoms with E-state index in [0.717, 1.165) is 16.8 Å². The van der Waals surface area contributed by atoms with Gasteiger partial charge >= 0.3 is 0 Å². The predicted octanol–water partition coefficient (Wildman–Crippen LogP) is 3.69. The molecule has 0 aliphatic heterocycles. The van der Waals surface area contributed by atoms with Crippen molar-refractivity contribution in [3.8, 4) is 0 Å². The third-order valence-electron chi connectivity index (χ3n) is 3.83. The van der Waals surface area contributed by atoms with Crippen molar-refractivity contribution in [2.24, 2.45) is 0 Å². The van der Waals surface area contributed by atoms with E-state index in [1.807, 2.05) is 38.1 Å². The van der Waals surface area contributed by atoms with Crippen molar-refractivity contribution in [2.45, 2.75) is 32.4 Å². The summed E-state index contributed by atoms with van der Waals surface area (Å²) in [7, 11) is 0. The second kappa shape index (κ2) is 8.83. The first-order chi connectivity index (χ1) is 11.5. The van der Waals surface area contributed by atoms with Gasteiger partial charge in [-0.15, -0.1) is 0 Å². The van der Waals surface area contributed by atoms with E-state index in [4.69, 9.17) is 11.6 Å². The lowest BCUT2D eigenvalue weighted by Crippen LogP contribution is -2.33. The largest absolute Gasteiger partial charge is 0.387 e. The molecule has 0 aromatic heterocycles. The van der Waals surface area contributed by atoms with Gasteiger partial charge in [0.2, 0.25) is 5.91 Å². The van der Waals surface area contributed by atoms with Crippen LogP contribution in [0.15, 0.2) is 48.5 Å². The zero-order valence-electron chi connectivity index (χ0n) is 13.9. The average molecular weight is 347 g/mol. The number of amides is 1. The van der Waals surface area contributed by atoms with Gasteiger partial charge in [-0.25, -0.2) is 0 Å². The highest BCUT2D eigenvalue weighted by Crippen LogP contribution is 2.16. The molecule has 2 atom stereocenters. The second-order valence-electron chi connectivity index (χ2n) is 5.94. The molecule has 0 fully saturated rings. The lowest BCUT2D eigenvalue weighted by Gasteiger charge is -2.17. The summed E-state index contributed by atoms with van der Waals surface area (Å²) in [5.41, 5.74) is 2.66. The molecule has 0 saturated heterocycles. The van der Waals surface area contributed by atoms with Gasteiger partial charge in [0.05, 0.1) is 6.10 Å². The highest BCUT2D eigenvalue weighted by Gasteiger charge is 2.13. The first-order valence-corrected chi connectivity index (χ1v) is 8.36. The van der Waals surface area contributed by atoms with Gasteiger partial charge in [0.25, 0.3) is 0 Å². The van der Waals surface area contributed by atoms with Crippen LogP contribution < -0.4 is 10.6 Å². The monoisotopic (exact) mass is 346 g/mol. The van der Waals surface area contributed by atoms with Crippen LogP contribution in [0.4, 0.5) is 5.69 Å². The lowest BCUT2D eigenvalue weighted by molar-refractivity contribution is -0.116. The Morgan fingerprint density at radius 2 is 1.83 bits per heavy atom. The molecule has 0 spiro atoms. The number of nitrogens with one attached hydrogen (secondary N) is 2. The zero-order valence-corrected chi connectivity index (χ0v) is 14.7. The maximum absolute atomic E-state index is 12.1. The van der Waals surface area contributed by atoms with Crippen LogP contribution in [0.2, 0.25) is 5.02 Å². The number of carbonyl (C=O) groups is 1. The van der Waals surface area contributed by atoms with E-state index in [2.05, 4.69) is 10.6 Å². The predicted molar refractivity (Wildman–Crippen MR) is 98.3 cm³/mol. The van der Waals surface area contributed by atoms with Crippen molar-refractivity contribution < 1.29 is 9.90 Å². The Balaban J connectivity index is 1.78. The maximum Gasteiger partial charge on any atom is 0.225 e. The van der Waals surface area contributed by atoms with Crippen molar-refractivity contribution in [1.29, 1.82) is 0 Å². The molecule has 0 radical (unpaired) electrons. The highest BCUT2D eigenvalue weighted by atomic mass is 35.5. The molecule has 128 valence electrons. The van der Waals surface area contributed by atoms with E-state index < -0.39 is 6.10 Å². The van der Waals surface area contributed by atoms with E-state index >= 15 is 0 Å². The fourth-order valence-electron chi connectivity index (χ4n) is 2.38. The Kier molecular flexibility index (Phi) is 6.79. The summed E-state index contributed by atoms with van der Waals surface area (Å²) >= 11 is 5.84. The van der Waals surface area contributed by atoms with Crippen LogP contribution in [0.25, 0.3) is 0 Å². The van der Waals surface area contributed by atoms with Gasteiger partial charge < -0.3 is 15.7 Å². The molecule has 0 saturated carbocycles. The van der Waals surface area contributed by atoms with Crippen LogP contribution in [-0.2, 0) is 4.79 Å². The molecule has 0 aliphatic rings. The van der Waals surface area contributed by atoms with Crippen molar-refractivity contribution in [1.82, 2.24) is 5.32 Å². The van der Waals surface area contributed by atoms with Crippen LogP contribution in [-0.4, -0.2) is 23.6 Å². The number of para-hydroxylation sites is 1. The SMILES string of the molecule is Cc1ccccc1NC(=O)CC(C)NCC(O)c1ccc(Cl)cc1. The van der Waals surface area contributed by atoms with Crippen LogP contribution in [0, 0.1) is 6.92 Å². The Morgan fingerprint density at radius 3 is 2.50 bits per heavy atom. The molecule has 1 amide bonds. The number of carbonyl (C=O) groups excluding carboxylic acids is 1. The fraction of sp³-hybridized carbons (Fsp3) is 0.316. The molecule has 2 aromatic carbocycles. The quantitative estimate of drug-likeness (QED) is 0.716. The number of aliphatic hydroxyl groups is 1. The Morgan fingerprint density at radius 1 is 1.17 bits per heavy atom. The van der Waals surface area contributed by atoms with Gasteiger partial charge in [0.1, 0.15) is 0 Å². The third-order valence-corrected chi connectivity index (χ3v) is 4.08. The maximum atomic E-state index is 12.1. The van der Waals surface area contributed by atoms with E-state index in [9.17, 15) is 9.90 Å². The summed E-state index contributed by atoms with van der Waals surface area (Å²) in [5, 5.41) is 16.9. The minimum absolute atomic E-state index is 0.0454. The zero-order chi connectivity index (χ0) is 17.5. The molecule has 5 heteroatoms. The molecular weight excluding hydrogens is 324 g/mol. The highest BCUT2D eigenvalue weighted by molar-refractivity contribution is 6.30. The summed E-state index contributed by atoms with van der Waals surface area (Å²) in [4.78, 5) is 12.1. The number of aryl methyl sites for hydroxylation is 1. The first kappa shape index (κ1) is 18.5. The summed E-state index contributed by atoms with van der Waals surface area (Å²) in [6.45, 7) is 4.26. The molecule has 24 heavy (non-hydrogen) atoms. The number of aliphatic hydroxyl groups excluding tert-OH is 1. The minimum Gasteiger partial charge on any atom is -0.387 e. The molecule has 0 heterocycles. The van der Waals surface area contributed by atoms with Crippen molar-refractivity contribution in [3.63, 3.8) is 0 Å². The fourth-order valence-corrected chi connectivity index (χ4v) is 2.51. The number of hydrogen-bond acceptors (Lipinski definition) is 3. The van der Waals surface area contributed by atoms with Gasteiger partial charge in [0.15, 0.2) is 0 Å². The normalized spacial score (nSPS) is 13.3. The Labute approximate surface area is 147 Å². The molecule has 3 N–H and O–H groups in total. The molecule has 2 unspecified atom stereocenters. The third kappa shape index (κ3) is 5.64. The lowest BCUT2D eigenvalue weighted by atomic mass is 10.1. The van der Waals surface area contributed by atoms with Gasteiger partial charge in [-0.1, -0.05) is 41.9 Å². The summed E-state index contributed by atoms with van der Waals surface area (Å²) in [6.07, 6.45) is -0.300. The molecule has 2 aromatic rings. The van der Waals surface area contributed by atoms with Crippen LogP contribution in [0.3, 0.4) is 0 Å². The van der Waals surface area contributed by atoms with Crippen LogP contribution in [0.1, 0.15) is 30.6 Å². The average Bonchev–Trinajstić information content (AvgIpc) is 2.55. The van der Waals surface area contributed by atoms with E-state index in [1.54, 1.807) is 24.3 Å². The number of halogens is 1. The first-order valence-electron chi connectivity index (χ1n) is 7.98. The standard InChI is InChI=1S/C19H23ClN2O2/c1-13-5-3-4-6-17(13)22-19(24)11-14(2)21-12-18(23)15-7-9-16(20)10-8-15/h3-10,14,18,21,23H,11-12H2,1-2H3,(H,22,24). The van der Waals surface area contributed by atoms with Crippen molar-refractivity contribution in [3.05, 3.63) is 64.7 Å². The Bertz CT molecular complexity index is 673. The summed E-state index contributed by atoms with van der Waals surface area (Å²) in [6, 6.07) is 14.7. The molecule has 4 nitrogen and oxygen atoms in total. The Hall–Kier alpha value is -1.88. The van der Waals surface area contributed by atoms with Gasteiger partial charge in [0, 0.05) is 29.7 Å². The van der Waals surface area contributed by atoms with Gasteiger partial charge in [-0.3, -0.25) is 4.79 Å². The molecular formula is C19H23ClN2O2. The van der Waals surface area contributed by atoms with Crippen LogP contribution >= 0.6 is 11.6 Å². The van der Waals surface area contributed by atoms with E-state index in [0.29, 0.717) is 18.0 Å². The van der Waals surface area contributed by atoms with Crippen molar-refractivity contribution in [2.75, 3.05) is 11.9 Å². The topological polar surface area (TPSA) is 61.4 Å². The van der Waals surface area contributed by atoms with Gasteiger partial charge in [-0.2, -0.15) is 0 Å². The summed E-state index contributed by atoms with van der Waals surface area (Å²) in [5.74, 6) is -0.0507. The second-order valence-corrected chi connectivity index (χ2v) is 6.38. The van der Waals surface area contributed by atoms with E-state index in [1.165, 1.54) is 0 Å². The van der Waals surface area contributed by atoms with E-state index in [-0.39, 0.29) is 11.9 Å². The molecule has 2 rings (SSSR count). The number of rotatable bonds is 7. The molecule has 0 aliphatic carbocycles. The minimum atomic E-state index is -0.635. The van der Waals surface area contributed by atoms with Gasteiger partial charge in [-0.05, 0) is 43.2 Å². The number of anilines is 1. The summed E-state index contributed by atoms with van der Waals surface area (Å²) < 4.78 is 0. The van der Waals surface area contributed by atoms with Crippen LogP contribution in [0.5, 0.6) is 0 Å². The number of hydrogen-bond donors (Lipinski definition) is 3. The smallest absolute Gasteiger partial charge is 0.225 e. The van der Waals surface area contributed by atoms with Crippen molar-refractivity contribution >= 4 is 23.2 Å². The molecule has 0 bridgehead atoms.